The lowest BCUT2D eigenvalue weighted by Gasteiger charge is -2.07. The van der Waals surface area contributed by atoms with Crippen LogP contribution in [0.3, 0.4) is 0 Å². The van der Waals surface area contributed by atoms with Gasteiger partial charge in [-0.25, -0.2) is 0 Å². The molecule has 4 nitrogen and oxygen atoms in total. The fourth-order valence-corrected chi connectivity index (χ4v) is 3.03. The molecule has 1 amide bonds. The van der Waals surface area contributed by atoms with Gasteiger partial charge < -0.3 is 5.32 Å². The predicted molar refractivity (Wildman–Crippen MR) is 86.6 cm³/mol. The van der Waals surface area contributed by atoms with Gasteiger partial charge in [-0.3, -0.25) is 9.48 Å². The topological polar surface area (TPSA) is 46.9 Å². The summed E-state index contributed by atoms with van der Waals surface area (Å²) in [4.78, 5) is 12.1. The zero-order chi connectivity index (χ0) is 15.5. The molecule has 116 valence electrons. The SMILES string of the molecule is Cc1cc(C)n(CCCNC(=O)[C@@H]2C[C@@H]2c2ccccc2)n1. The summed E-state index contributed by atoms with van der Waals surface area (Å²) >= 11 is 0. The third-order valence-corrected chi connectivity index (χ3v) is 4.30. The molecule has 1 aromatic carbocycles. The maximum atomic E-state index is 12.1. The van der Waals surface area contributed by atoms with E-state index in [1.165, 1.54) is 11.3 Å². The maximum absolute atomic E-state index is 12.1. The molecule has 22 heavy (non-hydrogen) atoms. The second-order valence-electron chi connectivity index (χ2n) is 6.15. The van der Waals surface area contributed by atoms with E-state index in [0.717, 1.165) is 31.6 Å². The second kappa shape index (κ2) is 6.34. The molecule has 3 rings (SSSR count). The van der Waals surface area contributed by atoms with E-state index in [4.69, 9.17) is 0 Å². The molecule has 1 aliphatic rings. The molecule has 1 saturated carbocycles. The summed E-state index contributed by atoms with van der Waals surface area (Å²) in [7, 11) is 0. The molecule has 0 saturated heterocycles. The third-order valence-electron chi connectivity index (χ3n) is 4.30. The number of nitrogens with zero attached hydrogens (tertiary/aromatic N) is 2. The zero-order valence-electron chi connectivity index (χ0n) is 13.2. The van der Waals surface area contributed by atoms with Crippen molar-refractivity contribution < 1.29 is 4.79 Å². The van der Waals surface area contributed by atoms with Gasteiger partial charge in [-0.05, 0) is 44.2 Å². The van der Waals surface area contributed by atoms with Crippen molar-refractivity contribution in [2.75, 3.05) is 6.54 Å². The van der Waals surface area contributed by atoms with Gasteiger partial charge in [-0.2, -0.15) is 5.10 Å². The van der Waals surface area contributed by atoms with Crippen LogP contribution in [0, 0.1) is 19.8 Å². The van der Waals surface area contributed by atoms with Gasteiger partial charge in [0, 0.05) is 24.7 Å². The molecular formula is C18H23N3O. The highest BCUT2D eigenvalue weighted by molar-refractivity contribution is 5.82. The van der Waals surface area contributed by atoms with Gasteiger partial charge in [-0.1, -0.05) is 30.3 Å². The molecular weight excluding hydrogens is 274 g/mol. The monoisotopic (exact) mass is 297 g/mol. The molecule has 2 aromatic rings. The highest BCUT2D eigenvalue weighted by Gasteiger charge is 2.43. The van der Waals surface area contributed by atoms with Crippen LogP contribution >= 0.6 is 0 Å². The molecule has 1 heterocycles. The van der Waals surface area contributed by atoms with Gasteiger partial charge in [0.25, 0.3) is 0 Å². The largest absolute Gasteiger partial charge is 0.356 e. The molecule has 4 heteroatoms. The molecule has 1 aliphatic carbocycles. The van der Waals surface area contributed by atoms with Crippen LogP contribution in [0.15, 0.2) is 36.4 Å². The third kappa shape index (κ3) is 3.38. The molecule has 0 bridgehead atoms. The Morgan fingerprint density at radius 3 is 2.77 bits per heavy atom. The van der Waals surface area contributed by atoms with Gasteiger partial charge in [-0.15, -0.1) is 0 Å². The van der Waals surface area contributed by atoms with Crippen molar-refractivity contribution in [2.45, 2.75) is 39.2 Å². The molecule has 0 radical (unpaired) electrons. The van der Waals surface area contributed by atoms with Crippen LogP contribution in [-0.2, 0) is 11.3 Å². The van der Waals surface area contributed by atoms with Crippen molar-refractivity contribution in [3.05, 3.63) is 53.3 Å². The van der Waals surface area contributed by atoms with E-state index in [-0.39, 0.29) is 11.8 Å². The van der Waals surface area contributed by atoms with Crippen molar-refractivity contribution in [1.29, 1.82) is 0 Å². The van der Waals surface area contributed by atoms with Crippen molar-refractivity contribution in [3.63, 3.8) is 0 Å². The molecule has 0 aliphatic heterocycles. The number of rotatable bonds is 6. The standard InChI is InChI=1S/C18H23N3O/c1-13-11-14(2)21(20-13)10-6-9-19-18(22)17-12-16(17)15-7-4-3-5-8-15/h3-5,7-8,11,16-17H,6,9-10,12H2,1-2H3,(H,19,22)/t16-,17-/m1/s1. The molecule has 1 N–H and O–H groups in total. The summed E-state index contributed by atoms with van der Waals surface area (Å²) in [6.07, 6.45) is 1.89. The average Bonchev–Trinajstić information content (AvgIpc) is 3.25. The zero-order valence-corrected chi connectivity index (χ0v) is 13.2. The van der Waals surface area contributed by atoms with Crippen molar-refractivity contribution >= 4 is 5.91 Å². The molecule has 0 spiro atoms. The van der Waals surface area contributed by atoms with Crippen molar-refractivity contribution in [3.8, 4) is 0 Å². The van der Waals surface area contributed by atoms with Crippen LogP contribution in [0.1, 0.15) is 35.7 Å². The van der Waals surface area contributed by atoms with E-state index in [9.17, 15) is 4.79 Å². The predicted octanol–water partition coefficient (Wildman–Crippen LogP) is 2.81. The number of carbonyl (C=O) groups is 1. The number of amides is 1. The molecule has 1 fully saturated rings. The summed E-state index contributed by atoms with van der Waals surface area (Å²) in [5.41, 5.74) is 3.51. The second-order valence-corrected chi connectivity index (χ2v) is 6.15. The van der Waals surface area contributed by atoms with Gasteiger partial charge >= 0.3 is 0 Å². The first-order valence-corrected chi connectivity index (χ1v) is 7.99. The van der Waals surface area contributed by atoms with E-state index in [0.29, 0.717) is 5.92 Å². The maximum Gasteiger partial charge on any atom is 0.223 e. The number of benzene rings is 1. The number of carbonyl (C=O) groups excluding carboxylic acids is 1. The minimum absolute atomic E-state index is 0.163. The summed E-state index contributed by atoms with van der Waals surface area (Å²) in [5.74, 6) is 0.774. The van der Waals surface area contributed by atoms with E-state index in [2.05, 4.69) is 35.5 Å². The summed E-state index contributed by atoms with van der Waals surface area (Å²) in [5, 5.41) is 7.49. The fraction of sp³-hybridized carbons (Fsp3) is 0.444. The van der Waals surface area contributed by atoms with Gasteiger partial charge in [0.15, 0.2) is 0 Å². The first-order valence-electron chi connectivity index (χ1n) is 7.99. The Bertz CT molecular complexity index is 648. The van der Waals surface area contributed by atoms with Crippen LogP contribution in [0.5, 0.6) is 0 Å². The summed E-state index contributed by atoms with van der Waals surface area (Å²) in [6, 6.07) is 12.4. The smallest absolute Gasteiger partial charge is 0.223 e. The number of hydrogen-bond donors (Lipinski definition) is 1. The Morgan fingerprint density at radius 1 is 1.32 bits per heavy atom. The van der Waals surface area contributed by atoms with Gasteiger partial charge in [0.2, 0.25) is 5.91 Å². The van der Waals surface area contributed by atoms with Crippen LogP contribution in [0.25, 0.3) is 0 Å². The Balaban J connectivity index is 1.40. The highest BCUT2D eigenvalue weighted by atomic mass is 16.2. The van der Waals surface area contributed by atoms with Crippen LogP contribution in [0.4, 0.5) is 0 Å². The van der Waals surface area contributed by atoms with Gasteiger partial charge in [0.1, 0.15) is 0 Å². The van der Waals surface area contributed by atoms with Crippen LogP contribution < -0.4 is 5.32 Å². The van der Waals surface area contributed by atoms with E-state index < -0.39 is 0 Å². The lowest BCUT2D eigenvalue weighted by molar-refractivity contribution is -0.122. The molecule has 2 atom stereocenters. The number of aromatic nitrogens is 2. The van der Waals surface area contributed by atoms with Gasteiger partial charge in [0.05, 0.1) is 5.69 Å². The van der Waals surface area contributed by atoms with E-state index in [1.54, 1.807) is 0 Å². The number of hydrogen-bond acceptors (Lipinski definition) is 2. The average molecular weight is 297 g/mol. The normalized spacial score (nSPS) is 19.9. The quantitative estimate of drug-likeness (QED) is 0.833. The van der Waals surface area contributed by atoms with E-state index >= 15 is 0 Å². The Labute approximate surface area is 131 Å². The van der Waals surface area contributed by atoms with Crippen LogP contribution in [0.2, 0.25) is 0 Å². The highest BCUT2D eigenvalue weighted by Crippen LogP contribution is 2.47. The first kappa shape index (κ1) is 14.8. The van der Waals surface area contributed by atoms with Crippen LogP contribution in [-0.4, -0.2) is 22.2 Å². The molecule has 0 unspecified atom stereocenters. The minimum Gasteiger partial charge on any atom is -0.356 e. The minimum atomic E-state index is 0.163. The summed E-state index contributed by atoms with van der Waals surface area (Å²) < 4.78 is 2.01. The van der Waals surface area contributed by atoms with Crippen molar-refractivity contribution in [2.24, 2.45) is 5.92 Å². The number of nitrogens with one attached hydrogen (secondary N) is 1. The van der Waals surface area contributed by atoms with Crippen molar-refractivity contribution in [1.82, 2.24) is 15.1 Å². The Hall–Kier alpha value is -2.10. The molecule has 1 aromatic heterocycles. The Morgan fingerprint density at radius 2 is 2.09 bits per heavy atom. The fourth-order valence-electron chi connectivity index (χ4n) is 3.03. The van der Waals surface area contributed by atoms with E-state index in [1.807, 2.05) is 29.8 Å². The lowest BCUT2D eigenvalue weighted by atomic mass is 10.1. The lowest BCUT2D eigenvalue weighted by Crippen LogP contribution is -2.27. The first-order chi connectivity index (χ1) is 10.6. The summed E-state index contributed by atoms with van der Waals surface area (Å²) in [6.45, 7) is 5.64. The number of aryl methyl sites for hydroxylation is 3. The Kier molecular flexibility index (Phi) is 4.27.